The topological polar surface area (TPSA) is 250 Å². The number of phenols is 1. The number of ether oxygens (including phenoxy) is 3. The van der Waals surface area contributed by atoms with Crippen LogP contribution in [-0.4, -0.2) is 76.9 Å². The van der Waals surface area contributed by atoms with Crippen LogP contribution in [-0.2, 0) is 29.7 Å². The molecule has 6 aromatic rings. The van der Waals surface area contributed by atoms with Crippen molar-refractivity contribution in [2.45, 2.75) is 0 Å². The number of phenolic OH excluding ortho intramolecular Hbond substituents is 1. The van der Waals surface area contributed by atoms with E-state index in [0.29, 0.717) is 53.8 Å². The Balaban J connectivity index is 0.00000107. The van der Waals surface area contributed by atoms with E-state index in [0.717, 1.165) is 12.5 Å². The average molecular weight is 1350 g/mol. The number of rotatable bonds is 11. The monoisotopic (exact) mass is 1350 g/mol. The Morgan fingerprint density at radius 1 is 0.667 bits per heavy atom. The molecule has 0 spiro atoms. The van der Waals surface area contributed by atoms with Gasteiger partial charge in [0.15, 0.2) is 0 Å². The van der Waals surface area contributed by atoms with Crippen LogP contribution >= 0.6 is 69.6 Å². The van der Waals surface area contributed by atoms with Gasteiger partial charge in [0.1, 0.15) is 28.0 Å². The predicted octanol–water partition coefficient (Wildman–Crippen LogP) is 2.69. The summed E-state index contributed by atoms with van der Waals surface area (Å²) in [5, 5.41) is 19.0. The first-order valence-corrected chi connectivity index (χ1v) is 23.8. The maximum Gasteiger partial charge on any atom is 1.00 e. The number of aromatic nitrogens is 2. The number of sulfonamides is 2. The first kappa shape index (κ1) is 65.4. The van der Waals surface area contributed by atoms with Gasteiger partial charge >= 0.3 is 138 Å². The first-order valence-electron chi connectivity index (χ1n) is 17.8. The number of nitrogens with one attached hydrogen (secondary N) is 2. The van der Waals surface area contributed by atoms with Crippen molar-refractivity contribution < 1.29 is 204 Å². The normalized spacial score (nSPS) is 10.3. The average Bonchev–Trinajstić information content (AvgIpc) is 3.23. The zero-order valence-corrected chi connectivity index (χ0v) is 55.2. The zero-order valence-electron chi connectivity index (χ0n) is 37.5. The second-order valence-electron chi connectivity index (χ2n) is 12.8. The van der Waals surface area contributed by atoms with Gasteiger partial charge in [0, 0.05) is 65.9 Å². The summed E-state index contributed by atoms with van der Waals surface area (Å²) in [5.74, 6) is -1.12. The number of methoxy groups -OCH3 is 2. The molecule has 2 amide bonds. The fourth-order valence-corrected chi connectivity index (χ4v) is 7.35. The summed E-state index contributed by atoms with van der Waals surface area (Å²) in [7, 11) is -4.56. The molecule has 17 nitrogen and oxygen atoms in total. The van der Waals surface area contributed by atoms with Crippen LogP contribution in [0.3, 0.4) is 0 Å². The van der Waals surface area contributed by atoms with Crippen molar-refractivity contribution in [3.8, 4) is 51.1 Å². The maximum atomic E-state index is 13.1. The largest absolute Gasteiger partial charge is 1.00 e. The van der Waals surface area contributed by atoms with E-state index in [1.165, 1.54) is 75.1 Å². The molecule has 6 rings (SSSR count). The number of carbonyl (C=O) groups is 3. The molecule has 0 fully saturated rings. The summed E-state index contributed by atoms with van der Waals surface area (Å²) in [5.41, 5.74) is 2.40. The molecule has 0 radical (unpaired) electrons. The standard InChI is InChI=1S/C20H15Cl3N2O5S.C14H12ClFN2O4S.C6H4Cl2O.CH2O3.2Cs.H/c1-29-18-6-11(19(26)25-31(2,27)28)3-4-16(18)12-5-17(23)20(24-10-12)30-15-8-13(21)7-14(22)9-15;1-22-12-6-8(14(19)18-23(2,20)21)3-4-10(12)9-5-11(15)13(16)17-7-9;7-4-1-5(8)3-6(9)2-4;2-1-4-3;;;/h3-10H,1-2H3,(H,25,26);3-7H,1-2H3,(H,18,19);1-3,9H;1,3H;;;/q;;;;2*+1;-1/p-1. The molecule has 28 heteroatoms. The fraction of sp³-hybridized carbons (Fsp3) is 0.0976. The number of nitrogens with zero attached hydrogens (tertiary/aromatic N) is 2. The van der Waals surface area contributed by atoms with Crippen molar-refractivity contribution in [2.24, 2.45) is 0 Å². The van der Waals surface area contributed by atoms with E-state index in [9.17, 15) is 30.8 Å². The van der Waals surface area contributed by atoms with E-state index in [-0.39, 0.29) is 184 Å². The summed E-state index contributed by atoms with van der Waals surface area (Å²) in [6.07, 6.45) is 4.56. The van der Waals surface area contributed by atoms with Gasteiger partial charge in [-0.15, -0.1) is 0 Å². The van der Waals surface area contributed by atoms with Crippen molar-refractivity contribution in [1.82, 2.24) is 19.4 Å². The number of aromatic hydroxyl groups is 1. The van der Waals surface area contributed by atoms with Crippen LogP contribution in [0.4, 0.5) is 4.39 Å². The Morgan fingerprint density at radius 3 is 1.41 bits per heavy atom. The van der Waals surface area contributed by atoms with Crippen LogP contribution < -0.4 is 167 Å². The van der Waals surface area contributed by atoms with E-state index >= 15 is 0 Å². The summed E-state index contributed by atoms with van der Waals surface area (Å²) < 4.78 is 77.9. The van der Waals surface area contributed by atoms with E-state index < -0.39 is 37.8 Å². The van der Waals surface area contributed by atoms with Gasteiger partial charge in [0.25, 0.3) is 18.3 Å². The van der Waals surface area contributed by atoms with Gasteiger partial charge in [-0.1, -0.05) is 69.6 Å². The zero-order chi connectivity index (χ0) is 50.2. The Kier molecular flexibility index (Phi) is 29.6. The molecule has 3 N–H and O–H groups in total. The minimum Gasteiger partial charge on any atom is -1.00 e. The molecule has 0 unspecified atom stereocenters. The molecule has 0 aliphatic rings. The van der Waals surface area contributed by atoms with Crippen LogP contribution in [0.2, 0.25) is 30.1 Å². The minimum absolute atomic E-state index is 0. The number of benzene rings is 4. The third-order valence-corrected chi connectivity index (χ3v) is 10.2. The molecule has 2 heterocycles. The number of carbonyl (C=O) groups excluding carboxylic acids is 3. The Morgan fingerprint density at radius 2 is 1.06 bits per heavy atom. The third-order valence-electron chi connectivity index (χ3n) is 7.65. The van der Waals surface area contributed by atoms with Crippen LogP contribution in [0.5, 0.6) is 28.9 Å². The maximum absolute atomic E-state index is 13.1. The molecule has 0 aliphatic heterocycles. The second kappa shape index (κ2) is 31.2. The molecule has 0 saturated carbocycles. The van der Waals surface area contributed by atoms with Gasteiger partial charge in [0.2, 0.25) is 31.9 Å². The van der Waals surface area contributed by atoms with Gasteiger partial charge in [-0.2, -0.15) is 4.39 Å². The fourth-order valence-electron chi connectivity index (χ4n) is 5.05. The van der Waals surface area contributed by atoms with Crippen molar-refractivity contribution in [1.29, 1.82) is 0 Å². The molecular weight excluding hydrogens is 1320 g/mol. The number of hydrogen-bond donors (Lipinski definition) is 3. The molecule has 2 aromatic heterocycles. The second-order valence-corrected chi connectivity index (χ2v) is 18.8. The van der Waals surface area contributed by atoms with E-state index in [4.69, 9.17) is 99.0 Å². The number of halogens is 7. The van der Waals surface area contributed by atoms with Gasteiger partial charge in [-0.05, 0) is 84.9 Å². The van der Waals surface area contributed by atoms with E-state index in [2.05, 4.69) is 14.9 Å². The van der Waals surface area contributed by atoms with E-state index in [1.807, 2.05) is 9.44 Å². The number of hydrogen-bond acceptors (Lipinski definition) is 15. The van der Waals surface area contributed by atoms with Crippen LogP contribution in [0.25, 0.3) is 22.3 Å². The number of amides is 2. The summed E-state index contributed by atoms with van der Waals surface area (Å²) in [4.78, 5) is 42.9. The predicted molar refractivity (Wildman–Crippen MR) is 250 cm³/mol. The van der Waals surface area contributed by atoms with Gasteiger partial charge in [-0.3, -0.25) is 14.4 Å². The molecule has 0 aliphatic carbocycles. The van der Waals surface area contributed by atoms with Crippen molar-refractivity contribution in [3.05, 3.63) is 145 Å². The Hall–Kier alpha value is -1.58. The summed E-state index contributed by atoms with van der Waals surface area (Å²) >= 11 is 35.0. The summed E-state index contributed by atoms with van der Waals surface area (Å²) in [6.45, 7) is -0.181. The Bertz CT molecular complexity index is 2940. The summed E-state index contributed by atoms with van der Waals surface area (Å²) in [6, 6.07) is 20.9. The van der Waals surface area contributed by atoms with Crippen LogP contribution in [0.15, 0.2) is 97.3 Å². The first-order chi connectivity index (χ1) is 31.4. The minimum atomic E-state index is -3.69. The molecule has 0 saturated heterocycles. The van der Waals surface area contributed by atoms with E-state index in [1.54, 1.807) is 36.4 Å². The van der Waals surface area contributed by atoms with Crippen LogP contribution in [0, 0.1) is 5.95 Å². The smallest absolute Gasteiger partial charge is 1.00 e. The molecule has 0 bridgehead atoms. The SMILES string of the molecule is COc1cc(C(=O)NS(C)(=O)=O)ccc1-c1cnc(F)c(Cl)c1.COc1cc(C(=O)NS(C)(=O)=O)ccc1-c1cnc(Oc2cc(Cl)cc(Cl)c2)c(Cl)c1.O=CO[O-].Oc1cc(Cl)cc(Cl)c1.[Cs+].[Cs+].[H-]. The molecule has 358 valence electrons. The molecule has 0 atom stereocenters. The van der Waals surface area contributed by atoms with Crippen molar-refractivity contribution >= 4 is 108 Å². The Labute approximate surface area is 544 Å². The van der Waals surface area contributed by atoms with Crippen LogP contribution in [0.1, 0.15) is 22.1 Å². The third kappa shape index (κ3) is 23.0. The molecular formula is C41H33Cl6Cs2FN4O13S2. The van der Waals surface area contributed by atoms with Crippen molar-refractivity contribution in [3.63, 3.8) is 0 Å². The molecule has 69 heavy (non-hydrogen) atoms. The van der Waals surface area contributed by atoms with Gasteiger partial charge in [-0.25, -0.2) is 36.2 Å². The number of pyridine rings is 2. The van der Waals surface area contributed by atoms with Gasteiger partial charge in [0.05, 0.1) is 31.8 Å². The quantitative estimate of drug-likeness (QED) is 0.0731. The molecule has 4 aromatic carbocycles. The van der Waals surface area contributed by atoms with Gasteiger partial charge < -0.3 is 30.9 Å². The van der Waals surface area contributed by atoms with Crippen molar-refractivity contribution in [2.75, 3.05) is 26.7 Å².